The van der Waals surface area contributed by atoms with Crippen LogP contribution in [0.15, 0.2) is 48.5 Å². The van der Waals surface area contributed by atoms with Crippen LogP contribution in [0.3, 0.4) is 0 Å². The zero-order valence-corrected chi connectivity index (χ0v) is 18.0. The summed E-state index contributed by atoms with van der Waals surface area (Å²) in [6.07, 6.45) is 0.720. The summed E-state index contributed by atoms with van der Waals surface area (Å²) in [6, 6.07) is 15.1. The molecule has 3 N–H and O–H groups in total. The number of ether oxygens (including phenoxy) is 1. The third-order valence-corrected chi connectivity index (χ3v) is 5.28. The summed E-state index contributed by atoms with van der Waals surface area (Å²) in [7, 11) is 0. The van der Waals surface area contributed by atoms with Crippen LogP contribution in [0, 0.1) is 0 Å². The van der Waals surface area contributed by atoms with E-state index in [0.717, 1.165) is 17.5 Å². The quantitative estimate of drug-likeness (QED) is 0.406. The Bertz CT molecular complexity index is 1220. The maximum absolute atomic E-state index is 13.0. The highest BCUT2D eigenvalue weighted by Gasteiger charge is 2.23. The van der Waals surface area contributed by atoms with Crippen molar-refractivity contribution in [3.05, 3.63) is 64.7 Å². The molecule has 0 aliphatic rings. The molecule has 0 radical (unpaired) electrons. The molecule has 0 unspecified atom stereocenters. The third-order valence-electron chi connectivity index (χ3n) is 5.03. The number of hydrogen-bond donors (Lipinski definition) is 2. The molecule has 8 heteroatoms. The number of rotatable bonds is 8. The molecule has 4 aromatic rings. The monoisotopic (exact) mass is 437 g/mol. The summed E-state index contributed by atoms with van der Waals surface area (Å²) in [5, 5.41) is 3.59. The van der Waals surface area contributed by atoms with Crippen LogP contribution in [0.2, 0.25) is 5.02 Å². The number of anilines is 1. The molecule has 0 fully saturated rings. The van der Waals surface area contributed by atoms with Crippen molar-refractivity contribution >= 4 is 45.5 Å². The zero-order valence-electron chi connectivity index (χ0n) is 17.3. The second-order valence-electron chi connectivity index (χ2n) is 7.16. The molecule has 1 amide bonds. The minimum Gasteiger partial charge on any atom is -0.384 e. The van der Waals surface area contributed by atoms with Gasteiger partial charge in [-0.1, -0.05) is 35.9 Å². The van der Waals surface area contributed by atoms with Crippen molar-refractivity contribution in [2.75, 3.05) is 25.5 Å². The standard InChI is InChI=1S/C23H24ClN5O2/c1-2-31-13-5-12-26-23(30)19-20-22(28-18-7-4-3-6-17(18)27-20)29(21(19)25)14-15-8-10-16(24)11-9-15/h3-4,6-11H,2,5,12-14,25H2,1H3,(H,26,30). The van der Waals surface area contributed by atoms with Gasteiger partial charge in [0.15, 0.2) is 5.65 Å². The van der Waals surface area contributed by atoms with Crippen LogP contribution in [-0.4, -0.2) is 40.2 Å². The van der Waals surface area contributed by atoms with E-state index in [1.54, 1.807) is 0 Å². The van der Waals surface area contributed by atoms with Gasteiger partial charge in [-0.3, -0.25) is 4.79 Å². The minimum atomic E-state index is -0.265. The van der Waals surface area contributed by atoms with Gasteiger partial charge in [-0.15, -0.1) is 0 Å². The van der Waals surface area contributed by atoms with Gasteiger partial charge in [0.05, 0.1) is 17.6 Å². The first-order valence-corrected chi connectivity index (χ1v) is 10.6. The van der Waals surface area contributed by atoms with Crippen LogP contribution in [0.4, 0.5) is 5.82 Å². The normalized spacial score (nSPS) is 11.3. The maximum atomic E-state index is 13.0. The predicted molar refractivity (Wildman–Crippen MR) is 123 cm³/mol. The zero-order chi connectivity index (χ0) is 21.8. The molecule has 0 atom stereocenters. The van der Waals surface area contributed by atoms with E-state index in [1.165, 1.54) is 0 Å². The second-order valence-corrected chi connectivity index (χ2v) is 7.60. The number of halogens is 1. The first-order valence-electron chi connectivity index (χ1n) is 10.2. The summed E-state index contributed by atoms with van der Waals surface area (Å²) in [6.45, 7) is 4.13. The van der Waals surface area contributed by atoms with Gasteiger partial charge in [-0.2, -0.15) is 0 Å². The van der Waals surface area contributed by atoms with Crippen molar-refractivity contribution < 1.29 is 9.53 Å². The van der Waals surface area contributed by atoms with Gasteiger partial charge in [-0.05, 0) is 43.2 Å². The molecule has 0 saturated carbocycles. The van der Waals surface area contributed by atoms with Crippen molar-refractivity contribution in [3.63, 3.8) is 0 Å². The molecule has 7 nitrogen and oxygen atoms in total. The lowest BCUT2D eigenvalue weighted by molar-refractivity contribution is 0.0946. The molecule has 0 spiro atoms. The van der Waals surface area contributed by atoms with E-state index in [-0.39, 0.29) is 5.91 Å². The minimum absolute atomic E-state index is 0.265. The number of fused-ring (bicyclic) bond motifs is 2. The summed E-state index contributed by atoms with van der Waals surface area (Å²) in [5.74, 6) is 0.0704. The van der Waals surface area contributed by atoms with Crippen molar-refractivity contribution in [3.8, 4) is 0 Å². The Morgan fingerprint density at radius 3 is 2.55 bits per heavy atom. The molecule has 2 aromatic heterocycles. The average Bonchev–Trinajstić information content (AvgIpc) is 3.04. The molecule has 0 aliphatic heterocycles. The van der Waals surface area contributed by atoms with Crippen LogP contribution in [0.25, 0.3) is 22.2 Å². The van der Waals surface area contributed by atoms with Gasteiger partial charge >= 0.3 is 0 Å². The largest absolute Gasteiger partial charge is 0.384 e. The number of hydrogen-bond acceptors (Lipinski definition) is 5. The molecule has 31 heavy (non-hydrogen) atoms. The Kier molecular flexibility index (Phi) is 6.34. The molecule has 4 rings (SSSR count). The summed E-state index contributed by atoms with van der Waals surface area (Å²) in [4.78, 5) is 22.5. The Morgan fingerprint density at radius 1 is 1.13 bits per heavy atom. The highest BCUT2D eigenvalue weighted by Crippen LogP contribution is 2.29. The number of nitrogens with two attached hydrogens (primary N) is 1. The van der Waals surface area contributed by atoms with E-state index in [0.29, 0.717) is 59.4 Å². The van der Waals surface area contributed by atoms with Crippen LogP contribution >= 0.6 is 11.6 Å². The summed E-state index contributed by atoms with van der Waals surface area (Å²) in [5.41, 5.74) is 10.3. The SMILES string of the molecule is CCOCCCNC(=O)c1c(N)n(Cc2ccc(Cl)cc2)c2nc3ccccc3nc12. The number of nitrogens with one attached hydrogen (secondary N) is 1. The Hall–Kier alpha value is -3.16. The van der Waals surface area contributed by atoms with Gasteiger partial charge in [0, 0.05) is 24.8 Å². The summed E-state index contributed by atoms with van der Waals surface area (Å²) < 4.78 is 7.16. The van der Waals surface area contributed by atoms with Crippen LogP contribution in [0.5, 0.6) is 0 Å². The molecule has 0 aliphatic carbocycles. The van der Waals surface area contributed by atoms with Crippen LogP contribution in [-0.2, 0) is 11.3 Å². The Labute approximate surface area is 185 Å². The topological polar surface area (TPSA) is 95.1 Å². The van der Waals surface area contributed by atoms with E-state index in [2.05, 4.69) is 5.32 Å². The fraction of sp³-hybridized carbons (Fsp3) is 0.261. The Morgan fingerprint density at radius 2 is 1.84 bits per heavy atom. The number of nitrogen functional groups attached to an aromatic ring is 1. The lowest BCUT2D eigenvalue weighted by Crippen LogP contribution is -2.26. The van der Waals surface area contributed by atoms with Crippen molar-refractivity contribution in [2.45, 2.75) is 19.9 Å². The van der Waals surface area contributed by atoms with E-state index in [4.69, 9.17) is 32.0 Å². The van der Waals surface area contributed by atoms with E-state index in [9.17, 15) is 4.79 Å². The van der Waals surface area contributed by atoms with Crippen molar-refractivity contribution in [2.24, 2.45) is 0 Å². The van der Waals surface area contributed by atoms with Gasteiger partial charge in [-0.25, -0.2) is 9.97 Å². The maximum Gasteiger partial charge on any atom is 0.257 e. The number of carbonyl (C=O) groups is 1. The first-order chi connectivity index (χ1) is 15.1. The molecular formula is C23H24ClN5O2. The first kappa shape index (κ1) is 21.1. The van der Waals surface area contributed by atoms with E-state index >= 15 is 0 Å². The highest BCUT2D eigenvalue weighted by molar-refractivity contribution is 6.30. The predicted octanol–water partition coefficient (Wildman–Crippen LogP) is 4.02. The smallest absolute Gasteiger partial charge is 0.257 e. The second kappa shape index (κ2) is 9.32. The number of benzene rings is 2. The highest BCUT2D eigenvalue weighted by atomic mass is 35.5. The number of aromatic nitrogens is 3. The molecule has 160 valence electrons. The molecule has 0 bridgehead atoms. The fourth-order valence-electron chi connectivity index (χ4n) is 3.48. The third kappa shape index (κ3) is 4.47. The fourth-order valence-corrected chi connectivity index (χ4v) is 3.61. The van der Waals surface area contributed by atoms with Gasteiger partial charge in [0.25, 0.3) is 5.91 Å². The van der Waals surface area contributed by atoms with Gasteiger partial charge in [0.1, 0.15) is 16.9 Å². The van der Waals surface area contributed by atoms with Gasteiger partial charge in [0.2, 0.25) is 0 Å². The molecule has 2 heterocycles. The van der Waals surface area contributed by atoms with Crippen LogP contribution in [0.1, 0.15) is 29.3 Å². The van der Waals surface area contributed by atoms with Crippen LogP contribution < -0.4 is 11.1 Å². The molecular weight excluding hydrogens is 414 g/mol. The average molecular weight is 438 g/mol. The lowest BCUT2D eigenvalue weighted by atomic mass is 10.2. The van der Waals surface area contributed by atoms with Gasteiger partial charge < -0.3 is 20.4 Å². The summed E-state index contributed by atoms with van der Waals surface area (Å²) >= 11 is 6.02. The number of para-hydroxylation sites is 2. The van der Waals surface area contributed by atoms with Crippen molar-refractivity contribution in [1.29, 1.82) is 0 Å². The Balaban J connectivity index is 1.75. The van der Waals surface area contributed by atoms with E-state index in [1.807, 2.05) is 60.0 Å². The number of carbonyl (C=O) groups excluding carboxylic acids is 1. The van der Waals surface area contributed by atoms with Crippen molar-refractivity contribution in [1.82, 2.24) is 19.9 Å². The molecule has 0 saturated heterocycles. The number of nitrogens with zero attached hydrogens (tertiary/aromatic N) is 3. The number of amides is 1. The lowest BCUT2D eigenvalue weighted by Gasteiger charge is -2.09. The molecule has 2 aromatic carbocycles. The van der Waals surface area contributed by atoms with E-state index < -0.39 is 0 Å².